The highest BCUT2D eigenvalue weighted by Crippen LogP contribution is 2.28. The second-order valence-electron chi connectivity index (χ2n) is 7.17. The number of nitrogens with zero attached hydrogens (tertiary/aromatic N) is 4. The zero-order valence-corrected chi connectivity index (χ0v) is 16.0. The number of rotatable bonds is 5. The van der Waals surface area contributed by atoms with Crippen molar-refractivity contribution in [2.45, 2.75) is 18.9 Å². The fourth-order valence-electron chi connectivity index (χ4n) is 3.52. The molecule has 2 aliphatic rings. The van der Waals surface area contributed by atoms with Gasteiger partial charge in [0.15, 0.2) is 0 Å². The molecule has 3 heterocycles. The minimum absolute atomic E-state index is 0.0514. The zero-order chi connectivity index (χ0) is 18.9. The van der Waals surface area contributed by atoms with Crippen LogP contribution >= 0.6 is 0 Å². The van der Waals surface area contributed by atoms with Crippen LogP contribution in [0.1, 0.15) is 23.2 Å². The number of anilines is 1. The molecule has 1 amide bonds. The summed E-state index contributed by atoms with van der Waals surface area (Å²) >= 11 is 0. The molecule has 144 valence electrons. The summed E-state index contributed by atoms with van der Waals surface area (Å²) in [6.07, 6.45) is 2.86. The van der Waals surface area contributed by atoms with E-state index >= 15 is 0 Å². The lowest BCUT2D eigenvalue weighted by atomic mass is 10.1. The summed E-state index contributed by atoms with van der Waals surface area (Å²) in [7, 11) is -0.436. The van der Waals surface area contributed by atoms with Gasteiger partial charge < -0.3 is 14.9 Å². The Morgan fingerprint density at radius 1 is 1.31 bits per heavy atom. The molecule has 0 saturated carbocycles. The highest BCUT2D eigenvalue weighted by molar-refractivity contribution is 7.89. The van der Waals surface area contributed by atoms with Crippen LogP contribution in [0.4, 0.5) is 5.82 Å². The number of pyridine rings is 1. The van der Waals surface area contributed by atoms with Crippen LogP contribution in [-0.2, 0) is 10.0 Å². The molecule has 0 unspecified atom stereocenters. The topological polar surface area (TPSA) is 94.1 Å². The molecule has 2 fully saturated rings. The molecule has 1 aromatic heterocycles. The lowest BCUT2D eigenvalue weighted by Crippen LogP contribution is -2.33. The number of β-amino-alcohol motifs (C(OH)–C–C–N with tert-alkyl or cyclic N) is 1. The molecule has 0 aliphatic carbocycles. The van der Waals surface area contributed by atoms with Gasteiger partial charge in [0.25, 0.3) is 5.91 Å². The molecule has 0 radical (unpaired) electrons. The summed E-state index contributed by atoms with van der Waals surface area (Å²) in [5.41, 5.74) is 0.512. The third kappa shape index (κ3) is 3.84. The maximum atomic E-state index is 12.8. The van der Waals surface area contributed by atoms with E-state index < -0.39 is 22.0 Å². The summed E-state index contributed by atoms with van der Waals surface area (Å²) in [6, 6.07) is 3.48. The summed E-state index contributed by atoms with van der Waals surface area (Å²) in [5, 5.41) is 10.4. The second kappa shape index (κ2) is 7.50. The Kier molecular flexibility index (Phi) is 5.50. The molecule has 0 bridgehead atoms. The first-order chi connectivity index (χ1) is 12.3. The van der Waals surface area contributed by atoms with Gasteiger partial charge in [0.1, 0.15) is 5.82 Å². The van der Waals surface area contributed by atoms with Gasteiger partial charge in [0, 0.05) is 52.4 Å². The molecule has 2 atom stereocenters. The summed E-state index contributed by atoms with van der Waals surface area (Å²) in [4.78, 5) is 20.8. The molecule has 2 saturated heterocycles. The molecule has 1 aromatic rings. The van der Waals surface area contributed by atoms with Crippen molar-refractivity contribution in [3.8, 4) is 0 Å². The van der Waals surface area contributed by atoms with E-state index in [4.69, 9.17) is 0 Å². The Labute approximate surface area is 154 Å². The Morgan fingerprint density at radius 2 is 2.00 bits per heavy atom. The largest absolute Gasteiger partial charge is 0.391 e. The number of likely N-dealkylation sites (tertiary alicyclic amines) is 1. The van der Waals surface area contributed by atoms with Gasteiger partial charge in [-0.25, -0.2) is 17.7 Å². The lowest BCUT2D eigenvalue weighted by molar-refractivity contribution is 0.0793. The summed E-state index contributed by atoms with van der Waals surface area (Å²) < 4.78 is 25.5. The molecule has 0 spiro atoms. The standard InChI is InChI=1S/C17H26N4O4S/c1-19(2)26(24,25)12-13-10-21(11-15(13)22)16-14(6-5-7-18-16)17(23)20-8-3-4-9-20/h5-7,13,15,22H,3-4,8-12H2,1-2H3/t13-,15-/m0/s1. The van der Waals surface area contributed by atoms with E-state index in [1.807, 2.05) is 9.80 Å². The van der Waals surface area contributed by atoms with Crippen LogP contribution in [0.3, 0.4) is 0 Å². The molecule has 0 aromatic carbocycles. The fourth-order valence-corrected chi connectivity index (χ4v) is 4.68. The average molecular weight is 382 g/mol. The molecular formula is C17H26N4O4S. The minimum Gasteiger partial charge on any atom is -0.391 e. The predicted octanol–water partition coefficient (Wildman–Crippen LogP) is 0.00610. The molecule has 9 heteroatoms. The third-order valence-corrected chi connectivity index (χ3v) is 7.06. The molecular weight excluding hydrogens is 356 g/mol. The normalized spacial score (nSPS) is 23.8. The number of sulfonamides is 1. The minimum atomic E-state index is -3.41. The summed E-state index contributed by atoms with van der Waals surface area (Å²) in [6.45, 7) is 2.12. The zero-order valence-electron chi connectivity index (χ0n) is 15.2. The van der Waals surface area contributed by atoms with Crippen LogP contribution in [0.25, 0.3) is 0 Å². The van der Waals surface area contributed by atoms with E-state index in [0.29, 0.717) is 17.9 Å². The lowest BCUT2D eigenvalue weighted by Gasteiger charge is -2.23. The van der Waals surface area contributed by atoms with Crippen LogP contribution in [0.15, 0.2) is 18.3 Å². The number of hydrogen-bond acceptors (Lipinski definition) is 6. The van der Waals surface area contributed by atoms with E-state index in [9.17, 15) is 18.3 Å². The summed E-state index contributed by atoms with van der Waals surface area (Å²) in [5.74, 6) is -0.0725. The quantitative estimate of drug-likeness (QED) is 0.771. The first kappa shape index (κ1) is 19.1. The number of aromatic nitrogens is 1. The van der Waals surface area contributed by atoms with E-state index in [1.54, 1.807) is 18.3 Å². The maximum Gasteiger partial charge on any atom is 0.257 e. The van der Waals surface area contributed by atoms with Gasteiger partial charge in [0.2, 0.25) is 10.0 Å². The Hall–Kier alpha value is -1.71. The van der Waals surface area contributed by atoms with Crippen LogP contribution in [0.2, 0.25) is 0 Å². The van der Waals surface area contributed by atoms with E-state index in [2.05, 4.69) is 4.98 Å². The molecule has 3 rings (SSSR count). The molecule has 8 nitrogen and oxygen atoms in total. The second-order valence-corrected chi connectivity index (χ2v) is 9.39. The maximum absolute atomic E-state index is 12.8. The van der Waals surface area contributed by atoms with Crippen molar-refractivity contribution in [1.29, 1.82) is 0 Å². The van der Waals surface area contributed by atoms with Gasteiger partial charge >= 0.3 is 0 Å². The first-order valence-electron chi connectivity index (χ1n) is 8.87. The van der Waals surface area contributed by atoms with Gasteiger partial charge in [-0.2, -0.15) is 0 Å². The van der Waals surface area contributed by atoms with Gasteiger partial charge in [-0.1, -0.05) is 0 Å². The van der Waals surface area contributed by atoms with Crippen molar-refractivity contribution < 1.29 is 18.3 Å². The van der Waals surface area contributed by atoms with Gasteiger partial charge in [-0.15, -0.1) is 0 Å². The van der Waals surface area contributed by atoms with Gasteiger partial charge in [0.05, 0.1) is 17.4 Å². The van der Waals surface area contributed by atoms with Crippen molar-refractivity contribution in [1.82, 2.24) is 14.2 Å². The highest BCUT2D eigenvalue weighted by atomic mass is 32.2. The first-order valence-corrected chi connectivity index (χ1v) is 10.5. The van der Waals surface area contributed by atoms with Gasteiger partial charge in [-0.05, 0) is 25.0 Å². The Bertz CT molecular complexity index is 762. The number of aliphatic hydroxyl groups excluding tert-OH is 1. The SMILES string of the molecule is CN(C)S(=O)(=O)C[C@@H]1CN(c2ncccc2C(=O)N2CCCC2)C[C@@H]1O. The van der Waals surface area contributed by atoms with Crippen LogP contribution < -0.4 is 4.90 Å². The van der Waals surface area contributed by atoms with E-state index in [0.717, 1.165) is 25.9 Å². The molecule has 26 heavy (non-hydrogen) atoms. The number of hydrogen-bond donors (Lipinski definition) is 1. The Morgan fingerprint density at radius 3 is 2.65 bits per heavy atom. The van der Waals surface area contributed by atoms with Crippen LogP contribution in [0, 0.1) is 5.92 Å². The number of carbonyl (C=O) groups excluding carboxylic acids is 1. The Balaban J connectivity index is 1.79. The van der Waals surface area contributed by atoms with Crippen molar-refractivity contribution in [3.63, 3.8) is 0 Å². The van der Waals surface area contributed by atoms with Gasteiger partial charge in [-0.3, -0.25) is 4.79 Å². The number of amides is 1. The monoisotopic (exact) mass is 382 g/mol. The smallest absolute Gasteiger partial charge is 0.257 e. The predicted molar refractivity (Wildman–Crippen MR) is 98.6 cm³/mol. The van der Waals surface area contributed by atoms with E-state index in [1.165, 1.54) is 18.4 Å². The molecule has 1 N–H and O–H groups in total. The van der Waals surface area contributed by atoms with Crippen molar-refractivity contribution in [2.75, 3.05) is 50.9 Å². The highest BCUT2D eigenvalue weighted by Gasteiger charge is 2.37. The fraction of sp³-hybridized carbons (Fsp3) is 0.647. The number of aliphatic hydroxyl groups is 1. The third-order valence-electron chi connectivity index (χ3n) is 5.10. The number of carbonyl (C=O) groups is 1. The van der Waals surface area contributed by atoms with Crippen molar-refractivity contribution >= 4 is 21.7 Å². The van der Waals surface area contributed by atoms with Crippen LogP contribution in [-0.4, -0.2) is 85.8 Å². The average Bonchev–Trinajstić information content (AvgIpc) is 3.24. The van der Waals surface area contributed by atoms with E-state index in [-0.39, 0.29) is 18.2 Å². The van der Waals surface area contributed by atoms with Crippen LogP contribution in [0.5, 0.6) is 0 Å². The molecule has 2 aliphatic heterocycles. The van der Waals surface area contributed by atoms with Crippen molar-refractivity contribution in [3.05, 3.63) is 23.9 Å². The van der Waals surface area contributed by atoms with Crippen molar-refractivity contribution in [2.24, 2.45) is 5.92 Å².